The van der Waals surface area contributed by atoms with Gasteiger partial charge < -0.3 is 69.5 Å². The Hall–Kier alpha value is -4.03. The number of rotatable bonds is 30. The molecule has 63 heavy (non-hydrogen) atoms. The number of hydrogen-bond acceptors (Lipinski definition) is 16. The number of aryl methyl sites for hydroxylation is 1. The minimum atomic E-state index is -2.39. The van der Waals surface area contributed by atoms with E-state index in [-0.39, 0.29) is 12.2 Å². The van der Waals surface area contributed by atoms with Crippen molar-refractivity contribution in [2.45, 2.75) is 115 Å². The molecule has 356 valence electrons. The molecule has 0 spiro atoms. The number of carbonyl (C=O) groups is 4. The van der Waals surface area contributed by atoms with E-state index in [4.69, 9.17) is 44.8 Å². The highest BCUT2D eigenvalue weighted by molar-refractivity contribution is 6.30. The third-order valence-electron chi connectivity index (χ3n) is 9.30. The van der Waals surface area contributed by atoms with E-state index in [0.717, 1.165) is 18.5 Å². The lowest BCUT2D eigenvalue weighted by atomic mass is 9.88. The summed E-state index contributed by atoms with van der Waals surface area (Å²) in [6.45, 7) is 10.1. The van der Waals surface area contributed by atoms with Crippen molar-refractivity contribution in [3.63, 3.8) is 0 Å². The first-order chi connectivity index (χ1) is 30.0. The van der Waals surface area contributed by atoms with Crippen molar-refractivity contribution in [3.8, 4) is 0 Å². The summed E-state index contributed by atoms with van der Waals surface area (Å²) in [4.78, 5) is 48.6. The number of aliphatic hydroxyl groups is 3. The first kappa shape index (κ1) is 53.3. The molecule has 2 aromatic rings. The molecular weight excluding hydrogens is 852 g/mol. The molecule has 1 aromatic heterocycles. The number of aliphatic carboxylic acids is 1. The zero-order valence-electron chi connectivity index (χ0n) is 36.5. The molecule has 0 bridgehead atoms. The molecule has 2 heterocycles. The zero-order chi connectivity index (χ0) is 46.3. The van der Waals surface area contributed by atoms with Crippen LogP contribution >= 0.6 is 11.6 Å². The van der Waals surface area contributed by atoms with Gasteiger partial charge in [0.05, 0.1) is 90.0 Å². The highest BCUT2D eigenvalue weighted by Gasteiger charge is 2.55. The lowest BCUT2D eigenvalue weighted by Crippen LogP contribution is -2.68. The van der Waals surface area contributed by atoms with Gasteiger partial charge in [-0.2, -0.15) is 0 Å². The predicted octanol–water partition coefficient (Wildman–Crippen LogP) is 1.23. The van der Waals surface area contributed by atoms with Crippen molar-refractivity contribution in [1.82, 2.24) is 30.9 Å². The maximum absolute atomic E-state index is 12.6. The monoisotopic (exact) mass is 916 g/mol. The van der Waals surface area contributed by atoms with Gasteiger partial charge in [-0.25, -0.2) is 14.3 Å². The van der Waals surface area contributed by atoms with Crippen molar-refractivity contribution in [2.75, 3.05) is 72.6 Å². The van der Waals surface area contributed by atoms with Gasteiger partial charge in [-0.3, -0.25) is 9.59 Å². The fourth-order valence-corrected chi connectivity index (χ4v) is 6.43. The second-order valence-corrected chi connectivity index (χ2v) is 16.2. The Kier molecular flexibility index (Phi) is 23.7. The van der Waals surface area contributed by atoms with Gasteiger partial charge in [0.25, 0.3) is 11.7 Å². The van der Waals surface area contributed by atoms with Gasteiger partial charge in [0, 0.05) is 43.2 Å². The van der Waals surface area contributed by atoms with Gasteiger partial charge in [-0.15, -0.1) is 5.10 Å². The molecule has 3 amide bonds. The van der Waals surface area contributed by atoms with Crippen LogP contribution in [0.1, 0.15) is 75.9 Å². The fourth-order valence-electron chi connectivity index (χ4n) is 6.24. The Morgan fingerprint density at radius 3 is 2.22 bits per heavy atom. The number of aliphatic hydroxyl groups excluding tert-OH is 3. The SMILES string of the molecule is CC(=O)N[C@H]1[C@H]([C@H](O)[C@H](O)CNC(=O)c2cccc(Cl)c2)O[C@@](OCCCCCCc2cn(CCOCCOCCOCCOCCNC(=O)OC(C)(C)C)nn2)(C(=O)O)C[C@@H]1O. The molecule has 0 aliphatic carbocycles. The summed E-state index contributed by atoms with van der Waals surface area (Å²) in [6.07, 6.45) is -2.58. The van der Waals surface area contributed by atoms with E-state index in [0.29, 0.717) is 90.2 Å². The smallest absolute Gasteiger partial charge is 0.407 e. The lowest BCUT2D eigenvalue weighted by molar-refractivity contribution is -0.310. The number of amides is 3. The number of alkyl carbamates (subject to hydrolysis) is 1. The number of unbranched alkanes of at least 4 members (excludes halogenated alkanes) is 3. The molecule has 1 fully saturated rings. The van der Waals surface area contributed by atoms with Gasteiger partial charge in [-0.05, 0) is 58.2 Å². The Labute approximate surface area is 372 Å². The molecule has 21 nitrogen and oxygen atoms in total. The van der Waals surface area contributed by atoms with E-state index in [9.17, 15) is 39.6 Å². The number of aromatic nitrogens is 3. The van der Waals surface area contributed by atoms with E-state index < -0.39 is 78.7 Å². The molecule has 1 aliphatic heterocycles. The molecule has 0 saturated carbocycles. The van der Waals surface area contributed by atoms with Crippen molar-refractivity contribution in [2.24, 2.45) is 0 Å². The van der Waals surface area contributed by atoms with Gasteiger partial charge in [0.1, 0.15) is 17.8 Å². The molecule has 1 aromatic carbocycles. The van der Waals surface area contributed by atoms with Crippen LogP contribution in [0.15, 0.2) is 30.5 Å². The second kappa shape index (κ2) is 28.0. The summed E-state index contributed by atoms with van der Waals surface area (Å²) in [6, 6.07) is 4.76. The first-order valence-corrected chi connectivity index (χ1v) is 21.4. The van der Waals surface area contributed by atoms with Gasteiger partial charge >= 0.3 is 12.1 Å². The van der Waals surface area contributed by atoms with Crippen LogP contribution in [0, 0.1) is 0 Å². The highest BCUT2D eigenvalue weighted by Crippen LogP contribution is 2.34. The van der Waals surface area contributed by atoms with Crippen molar-refractivity contribution >= 4 is 35.5 Å². The van der Waals surface area contributed by atoms with E-state index >= 15 is 0 Å². The van der Waals surface area contributed by atoms with Gasteiger partial charge in [0.15, 0.2) is 0 Å². The summed E-state index contributed by atoms with van der Waals surface area (Å²) in [7, 11) is 0. The number of nitrogens with zero attached hydrogens (tertiary/aromatic N) is 3. The molecule has 0 radical (unpaired) electrons. The Balaban J connectivity index is 1.27. The molecule has 3 rings (SSSR count). The highest BCUT2D eigenvalue weighted by atomic mass is 35.5. The molecule has 0 unspecified atom stereocenters. The minimum Gasteiger partial charge on any atom is -0.477 e. The van der Waals surface area contributed by atoms with E-state index in [1.807, 2.05) is 6.20 Å². The van der Waals surface area contributed by atoms with Crippen LogP contribution < -0.4 is 16.0 Å². The molecule has 7 N–H and O–H groups in total. The average Bonchev–Trinajstić information content (AvgIpc) is 3.67. The quantitative estimate of drug-likeness (QED) is 0.0543. The topological polar surface area (TPSA) is 281 Å². The van der Waals surface area contributed by atoms with Crippen LogP contribution in [-0.2, 0) is 55.7 Å². The molecular formula is C41H65ClN6O15. The number of halogens is 1. The second-order valence-electron chi connectivity index (χ2n) is 15.8. The van der Waals surface area contributed by atoms with Crippen LogP contribution in [0.4, 0.5) is 4.79 Å². The summed E-state index contributed by atoms with van der Waals surface area (Å²) >= 11 is 5.95. The first-order valence-electron chi connectivity index (χ1n) is 21.1. The van der Waals surface area contributed by atoms with Crippen LogP contribution in [-0.4, -0.2) is 174 Å². The molecule has 1 aliphatic rings. The minimum absolute atomic E-state index is 0.0610. The maximum atomic E-state index is 12.6. The average molecular weight is 917 g/mol. The number of benzene rings is 1. The van der Waals surface area contributed by atoms with Crippen molar-refractivity contribution < 1.29 is 72.8 Å². The zero-order valence-corrected chi connectivity index (χ0v) is 37.3. The maximum Gasteiger partial charge on any atom is 0.407 e. The lowest BCUT2D eigenvalue weighted by Gasteiger charge is -2.46. The van der Waals surface area contributed by atoms with E-state index in [1.54, 1.807) is 37.6 Å². The predicted molar refractivity (Wildman–Crippen MR) is 225 cm³/mol. The number of carbonyl (C=O) groups excluding carboxylic acids is 3. The Morgan fingerprint density at radius 1 is 0.937 bits per heavy atom. The Morgan fingerprint density at radius 2 is 1.59 bits per heavy atom. The van der Waals surface area contributed by atoms with E-state index in [2.05, 4.69) is 26.3 Å². The van der Waals surface area contributed by atoms with Crippen LogP contribution in [0.5, 0.6) is 0 Å². The van der Waals surface area contributed by atoms with Crippen molar-refractivity contribution in [1.29, 1.82) is 0 Å². The van der Waals surface area contributed by atoms with Crippen LogP contribution in [0.25, 0.3) is 0 Å². The molecule has 6 atom stereocenters. The Bertz CT molecular complexity index is 1680. The summed E-state index contributed by atoms with van der Waals surface area (Å²) in [5, 5.41) is 59.3. The number of carboxylic acids is 1. The number of hydrogen-bond donors (Lipinski definition) is 7. The van der Waals surface area contributed by atoms with Crippen LogP contribution in [0.3, 0.4) is 0 Å². The summed E-state index contributed by atoms with van der Waals surface area (Å²) < 4.78 is 40.4. The van der Waals surface area contributed by atoms with Crippen molar-refractivity contribution in [3.05, 3.63) is 46.7 Å². The summed E-state index contributed by atoms with van der Waals surface area (Å²) in [5.41, 5.74) is 0.477. The number of ether oxygens (including phenoxy) is 7. The van der Waals surface area contributed by atoms with Gasteiger partial charge in [0.2, 0.25) is 5.91 Å². The molecule has 22 heteroatoms. The fraction of sp³-hybridized carbons (Fsp3) is 0.707. The molecule has 1 saturated heterocycles. The number of carboxylic acid groups (broad SMARTS) is 1. The third-order valence-corrected chi connectivity index (χ3v) is 9.54. The largest absolute Gasteiger partial charge is 0.477 e. The summed E-state index contributed by atoms with van der Waals surface area (Å²) in [5.74, 6) is -5.14. The number of nitrogens with one attached hydrogen (secondary N) is 3. The van der Waals surface area contributed by atoms with E-state index in [1.165, 1.54) is 19.1 Å². The third kappa shape index (κ3) is 20.6. The normalized spacial score (nSPS) is 19.8. The standard InChI is InChI=1S/C41H65ClN6O15/c1-28(49)45-34-32(50)25-41(38(54)55,62-36(34)35(52)33(51)26-44-37(53)29-10-9-11-30(42)24-29)61-15-8-6-5-7-12-31-27-48(47-46-31)14-17-58-19-21-60-23-22-59-20-18-57-16-13-43-39(56)63-40(2,3)4/h9-11,24,27,32-36,50-52H,5-8,12-23,25-26H2,1-4H3,(H,43,56)(H,44,53)(H,45,49)(H,54,55)/t32-,33+,34+,35+,36+,41+/m0/s1. The van der Waals surface area contributed by atoms with Crippen LogP contribution in [0.2, 0.25) is 5.02 Å². The van der Waals surface area contributed by atoms with Gasteiger partial charge in [-0.1, -0.05) is 35.7 Å².